The number of benzene rings is 2. The van der Waals surface area contributed by atoms with E-state index < -0.39 is 11.7 Å². The monoisotopic (exact) mass is 521 g/mol. The molecule has 0 aromatic heterocycles. The van der Waals surface area contributed by atoms with Crippen molar-refractivity contribution in [1.82, 2.24) is 10.2 Å². The van der Waals surface area contributed by atoms with Gasteiger partial charge in [0.1, 0.15) is 12.4 Å². The number of rotatable bonds is 8. The van der Waals surface area contributed by atoms with Crippen LogP contribution >= 0.6 is 0 Å². The molecule has 1 aliphatic carbocycles. The van der Waals surface area contributed by atoms with Crippen LogP contribution in [-0.4, -0.2) is 53.6 Å². The highest BCUT2D eigenvalue weighted by Crippen LogP contribution is 2.39. The molecule has 1 fully saturated rings. The Labute approximate surface area is 225 Å². The summed E-state index contributed by atoms with van der Waals surface area (Å²) in [5, 5.41) is 2.72. The molecule has 1 heterocycles. The molecule has 38 heavy (non-hydrogen) atoms. The number of nitrogens with one attached hydrogen (secondary N) is 1. The smallest absolute Gasteiger partial charge is 0.407 e. The molecular weight excluding hydrogens is 482 g/mol. The minimum Gasteiger partial charge on any atom is -0.476 e. The third-order valence-electron chi connectivity index (χ3n) is 7.20. The van der Waals surface area contributed by atoms with E-state index in [1.54, 1.807) is 36.9 Å². The standard InChI is InChI=1S/C30H39N3O5/c1-21(2)33(24-13-9-6-10-14-24)27(34)23-15-16-26-25(19-23)32(28(35)30(3,4)38-26)18-17-31-29(36)37-20-22-11-7-5-8-12-22/h5,7-8,11-12,15-16,19,21,24H,6,9-10,13-14,17-18,20H2,1-4H3,(H,31,36). The van der Waals surface area contributed by atoms with Gasteiger partial charge in [-0.1, -0.05) is 49.6 Å². The Morgan fingerprint density at radius 2 is 1.82 bits per heavy atom. The molecule has 4 rings (SSSR count). The highest BCUT2D eigenvalue weighted by atomic mass is 16.5. The molecule has 0 spiro atoms. The van der Waals surface area contributed by atoms with Crippen molar-refractivity contribution in [2.24, 2.45) is 0 Å². The molecule has 1 saturated carbocycles. The summed E-state index contributed by atoms with van der Waals surface area (Å²) in [7, 11) is 0. The second-order valence-corrected chi connectivity index (χ2v) is 10.8. The van der Waals surface area contributed by atoms with E-state index in [-0.39, 0.29) is 43.6 Å². The lowest BCUT2D eigenvalue weighted by Gasteiger charge is -2.40. The van der Waals surface area contributed by atoms with Crippen molar-refractivity contribution in [2.45, 2.75) is 84.1 Å². The predicted octanol–water partition coefficient (Wildman–Crippen LogP) is 5.30. The molecule has 8 heteroatoms. The lowest BCUT2D eigenvalue weighted by atomic mass is 9.92. The summed E-state index contributed by atoms with van der Waals surface area (Å²) in [5.74, 6) is 0.267. The molecule has 0 unspecified atom stereocenters. The van der Waals surface area contributed by atoms with Crippen LogP contribution in [0, 0.1) is 0 Å². The van der Waals surface area contributed by atoms with Crippen LogP contribution in [0.4, 0.5) is 10.5 Å². The average molecular weight is 522 g/mol. The highest BCUT2D eigenvalue weighted by molar-refractivity contribution is 6.04. The number of hydrogen-bond acceptors (Lipinski definition) is 5. The van der Waals surface area contributed by atoms with Crippen LogP contribution in [0.15, 0.2) is 48.5 Å². The molecule has 1 N–H and O–H groups in total. The topological polar surface area (TPSA) is 88.2 Å². The molecule has 2 aliphatic rings. The van der Waals surface area contributed by atoms with E-state index in [0.29, 0.717) is 17.0 Å². The maximum atomic E-state index is 13.7. The van der Waals surface area contributed by atoms with Gasteiger partial charge in [-0.3, -0.25) is 9.59 Å². The predicted molar refractivity (Wildman–Crippen MR) is 146 cm³/mol. The maximum Gasteiger partial charge on any atom is 0.407 e. The van der Waals surface area contributed by atoms with Gasteiger partial charge in [-0.15, -0.1) is 0 Å². The van der Waals surface area contributed by atoms with E-state index in [2.05, 4.69) is 19.2 Å². The molecule has 1 aliphatic heterocycles. The maximum absolute atomic E-state index is 13.7. The van der Waals surface area contributed by atoms with E-state index in [4.69, 9.17) is 9.47 Å². The van der Waals surface area contributed by atoms with Crippen LogP contribution in [0.5, 0.6) is 5.75 Å². The fourth-order valence-corrected chi connectivity index (χ4v) is 5.30. The molecule has 3 amide bonds. The minimum absolute atomic E-state index is 0.0328. The van der Waals surface area contributed by atoms with E-state index in [0.717, 1.165) is 31.2 Å². The summed E-state index contributed by atoms with van der Waals surface area (Å²) in [5.41, 5.74) is 0.882. The van der Waals surface area contributed by atoms with Crippen molar-refractivity contribution in [3.05, 3.63) is 59.7 Å². The van der Waals surface area contributed by atoms with Crippen LogP contribution in [-0.2, 0) is 16.1 Å². The molecule has 0 radical (unpaired) electrons. The molecule has 0 atom stereocenters. The van der Waals surface area contributed by atoms with E-state index in [1.807, 2.05) is 35.2 Å². The van der Waals surface area contributed by atoms with E-state index in [1.165, 1.54) is 6.42 Å². The number of ether oxygens (including phenoxy) is 2. The number of nitrogens with zero attached hydrogens (tertiary/aromatic N) is 2. The van der Waals surface area contributed by atoms with Gasteiger partial charge in [0.2, 0.25) is 0 Å². The summed E-state index contributed by atoms with van der Waals surface area (Å²) < 4.78 is 11.3. The number of carbonyl (C=O) groups is 3. The van der Waals surface area contributed by atoms with Crippen molar-refractivity contribution >= 4 is 23.6 Å². The molecule has 2 aromatic carbocycles. The molecule has 204 valence electrons. The lowest BCUT2D eigenvalue weighted by molar-refractivity contribution is -0.132. The van der Waals surface area contributed by atoms with Gasteiger partial charge in [-0.05, 0) is 64.3 Å². The zero-order chi connectivity index (χ0) is 27.3. The number of amides is 3. The highest BCUT2D eigenvalue weighted by Gasteiger charge is 2.41. The Kier molecular flexibility index (Phi) is 8.59. The third-order valence-corrected chi connectivity index (χ3v) is 7.20. The van der Waals surface area contributed by atoms with Crippen molar-refractivity contribution in [3.63, 3.8) is 0 Å². The van der Waals surface area contributed by atoms with Gasteiger partial charge in [0.25, 0.3) is 11.8 Å². The fraction of sp³-hybridized carbons (Fsp3) is 0.500. The normalized spacial score (nSPS) is 17.0. The van der Waals surface area contributed by atoms with Crippen molar-refractivity contribution in [3.8, 4) is 5.75 Å². The first-order valence-electron chi connectivity index (χ1n) is 13.6. The van der Waals surface area contributed by atoms with Crippen LogP contribution < -0.4 is 15.0 Å². The van der Waals surface area contributed by atoms with Gasteiger partial charge < -0.3 is 24.6 Å². The molecule has 2 aromatic rings. The molecule has 8 nitrogen and oxygen atoms in total. The van der Waals surface area contributed by atoms with Gasteiger partial charge in [-0.25, -0.2) is 4.79 Å². The Morgan fingerprint density at radius 3 is 2.50 bits per heavy atom. The first-order chi connectivity index (χ1) is 18.2. The van der Waals surface area contributed by atoms with Crippen molar-refractivity contribution in [2.75, 3.05) is 18.0 Å². The number of alkyl carbamates (subject to hydrolysis) is 1. The summed E-state index contributed by atoms with van der Waals surface area (Å²) in [4.78, 5) is 42.8. The van der Waals surface area contributed by atoms with Gasteiger partial charge in [0.15, 0.2) is 5.60 Å². The van der Waals surface area contributed by atoms with Crippen LogP contribution in [0.1, 0.15) is 75.7 Å². The summed E-state index contributed by atoms with van der Waals surface area (Å²) in [6.45, 7) is 8.10. The second kappa shape index (κ2) is 11.9. The Morgan fingerprint density at radius 1 is 1.11 bits per heavy atom. The molecule has 0 saturated heterocycles. The van der Waals surface area contributed by atoms with Gasteiger partial charge in [-0.2, -0.15) is 0 Å². The summed E-state index contributed by atoms with van der Waals surface area (Å²) in [6.07, 6.45) is 4.96. The Balaban J connectivity index is 1.48. The first-order valence-corrected chi connectivity index (χ1v) is 13.6. The van der Waals surface area contributed by atoms with Gasteiger partial charge in [0, 0.05) is 30.7 Å². The average Bonchev–Trinajstić information content (AvgIpc) is 2.90. The third kappa shape index (κ3) is 6.29. The quantitative estimate of drug-likeness (QED) is 0.509. The molecule has 0 bridgehead atoms. The van der Waals surface area contributed by atoms with E-state index in [9.17, 15) is 14.4 Å². The molecular formula is C30H39N3O5. The van der Waals surface area contributed by atoms with Crippen LogP contribution in [0.2, 0.25) is 0 Å². The number of fused-ring (bicyclic) bond motifs is 1. The fourth-order valence-electron chi connectivity index (χ4n) is 5.30. The van der Waals surface area contributed by atoms with E-state index >= 15 is 0 Å². The number of anilines is 1. The first kappa shape index (κ1) is 27.5. The van der Waals surface area contributed by atoms with Gasteiger partial charge >= 0.3 is 6.09 Å². The SMILES string of the molecule is CC(C)N(C(=O)c1ccc2c(c1)N(CCNC(=O)OCc1ccccc1)C(=O)C(C)(C)O2)C1CCCCC1. The van der Waals surface area contributed by atoms with Crippen molar-refractivity contribution < 1.29 is 23.9 Å². The minimum atomic E-state index is -1.07. The lowest BCUT2D eigenvalue weighted by Crippen LogP contribution is -2.54. The van der Waals surface area contributed by atoms with Gasteiger partial charge in [0.05, 0.1) is 5.69 Å². The Bertz CT molecular complexity index is 1140. The van der Waals surface area contributed by atoms with Crippen LogP contribution in [0.3, 0.4) is 0 Å². The number of carbonyl (C=O) groups excluding carboxylic acids is 3. The number of hydrogen-bond donors (Lipinski definition) is 1. The summed E-state index contributed by atoms with van der Waals surface area (Å²) >= 11 is 0. The largest absolute Gasteiger partial charge is 0.476 e. The zero-order valence-corrected chi connectivity index (χ0v) is 22.9. The van der Waals surface area contributed by atoms with Crippen LogP contribution in [0.25, 0.3) is 0 Å². The zero-order valence-electron chi connectivity index (χ0n) is 22.9. The Hall–Kier alpha value is -3.55. The summed E-state index contributed by atoms with van der Waals surface area (Å²) in [6, 6.07) is 15.0. The van der Waals surface area contributed by atoms with Crippen molar-refractivity contribution in [1.29, 1.82) is 0 Å². The second-order valence-electron chi connectivity index (χ2n) is 10.8.